The van der Waals surface area contributed by atoms with Gasteiger partial charge in [0.2, 0.25) is 11.6 Å². The Balaban J connectivity index is 2.04. The number of carbonyl (C=O) groups excluding carboxylic acids is 1. The Morgan fingerprint density at radius 1 is 1.38 bits per heavy atom. The number of alkyl halides is 2. The van der Waals surface area contributed by atoms with E-state index in [1.165, 1.54) is 18.9 Å². The molecule has 1 amide bonds. The first kappa shape index (κ1) is 16.2. The van der Waals surface area contributed by atoms with Gasteiger partial charge < -0.3 is 19.1 Å². The monoisotopic (exact) mass is 338 g/mol. The van der Waals surface area contributed by atoms with Crippen molar-refractivity contribution in [1.29, 1.82) is 0 Å². The number of hydrogen-bond acceptors (Lipinski definition) is 6. The predicted molar refractivity (Wildman–Crippen MR) is 81.9 cm³/mol. The first-order chi connectivity index (χ1) is 11.4. The molecule has 1 aliphatic rings. The molecule has 24 heavy (non-hydrogen) atoms. The number of hydrogen-bond donors (Lipinski definition) is 0. The van der Waals surface area contributed by atoms with E-state index in [1.54, 1.807) is 12.1 Å². The van der Waals surface area contributed by atoms with Gasteiger partial charge in [-0.15, -0.1) is 0 Å². The number of halogens is 2. The van der Waals surface area contributed by atoms with Crippen LogP contribution in [-0.4, -0.2) is 43.3 Å². The molecule has 0 N–H and O–H groups in total. The van der Waals surface area contributed by atoms with Crippen LogP contribution in [0.3, 0.4) is 0 Å². The Hall–Kier alpha value is -2.71. The largest absolute Gasteiger partial charge is 0.481 e. The number of likely N-dealkylation sites (N-methyl/N-ethyl adjacent to an activating group) is 1. The molecule has 0 spiro atoms. The third-order valence-corrected chi connectivity index (χ3v) is 3.90. The van der Waals surface area contributed by atoms with Crippen molar-refractivity contribution >= 4 is 17.4 Å². The van der Waals surface area contributed by atoms with Gasteiger partial charge in [0.25, 0.3) is 12.3 Å². The minimum atomic E-state index is -2.91. The molecule has 0 unspecified atom stereocenters. The van der Waals surface area contributed by atoms with Crippen LogP contribution in [0, 0.1) is 6.92 Å². The summed E-state index contributed by atoms with van der Waals surface area (Å²) in [6, 6.07) is 3.30. The fourth-order valence-corrected chi connectivity index (χ4v) is 2.65. The summed E-state index contributed by atoms with van der Waals surface area (Å²) in [6.45, 7) is 2.31. The SMILES string of the molecule is COc1ccc2c(n1)N(C)CCN2C(=O)c1c(C)noc1C(F)F. The van der Waals surface area contributed by atoms with Gasteiger partial charge in [-0.2, -0.15) is 4.98 Å². The fourth-order valence-electron chi connectivity index (χ4n) is 2.65. The Kier molecular flexibility index (Phi) is 4.08. The van der Waals surface area contributed by atoms with Gasteiger partial charge in [0, 0.05) is 26.2 Å². The summed E-state index contributed by atoms with van der Waals surface area (Å²) in [6.07, 6.45) is -2.91. The summed E-state index contributed by atoms with van der Waals surface area (Å²) in [4.78, 5) is 20.5. The number of fused-ring (bicyclic) bond motifs is 1. The summed E-state index contributed by atoms with van der Waals surface area (Å²) >= 11 is 0. The third kappa shape index (κ3) is 2.55. The Labute approximate surface area is 136 Å². The highest BCUT2D eigenvalue weighted by atomic mass is 19.3. The number of ether oxygens (including phenoxy) is 1. The van der Waals surface area contributed by atoms with Crippen LogP contribution in [0.1, 0.15) is 28.2 Å². The Morgan fingerprint density at radius 2 is 2.12 bits per heavy atom. The lowest BCUT2D eigenvalue weighted by atomic mass is 10.1. The van der Waals surface area contributed by atoms with E-state index in [-0.39, 0.29) is 11.3 Å². The predicted octanol–water partition coefficient (Wildman–Crippen LogP) is 2.42. The summed E-state index contributed by atoms with van der Waals surface area (Å²) in [7, 11) is 3.33. The van der Waals surface area contributed by atoms with Crippen molar-refractivity contribution in [2.24, 2.45) is 0 Å². The van der Waals surface area contributed by atoms with Gasteiger partial charge in [-0.1, -0.05) is 5.16 Å². The Bertz CT molecular complexity index is 778. The zero-order valence-corrected chi connectivity index (χ0v) is 13.4. The van der Waals surface area contributed by atoms with Crippen LogP contribution in [0.25, 0.3) is 0 Å². The fraction of sp³-hybridized carbons (Fsp3) is 0.400. The van der Waals surface area contributed by atoms with E-state index >= 15 is 0 Å². The van der Waals surface area contributed by atoms with Gasteiger partial charge in [0.05, 0.1) is 18.5 Å². The Morgan fingerprint density at radius 3 is 2.79 bits per heavy atom. The summed E-state index contributed by atoms with van der Waals surface area (Å²) in [5.41, 5.74) is 0.462. The molecule has 0 radical (unpaired) electrons. The number of aryl methyl sites for hydroxylation is 1. The van der Waals surface area contributed by atoms with Crippen molar-refractivity contribution in [1.82, 2.24) is 10.1 Å². The van der Waals surface area contributed by atoms with Crippen LogP contribution in [0.2, 0.25) is 0 Å². The van der Waals surface area contributed by atoms with Crippen molar-refractivity contribution in [3.8, 4) is 5.88 Å². The van der Waals surface area contributed by atoms with Crippen molar-refractivity contribution in [3.63, 3.8) is 0 Å². The van der Waals surface area contributed by atoms with E-state index in [4.69, 9.17) is 4.74 Å². The molecule has 0 fully saturated rings. The zero-order chi connectivity index (χ0) is 17.4. The first-order valence-corrected chi connectivity index (χ1v) is 7.26. The van der Waals surface area contributed by atoms with E-state index in [0.29, 0.717) is 30.5 Å². The molecule has 7 nitrogen and oxygen atoms in total. The molecule has 128 valence electrons. The highest BCUT2D eigenvalue weighted by Crippen LogP contribution is 2.35. The normalized spacial score (nSPS) is 14.1. The molecular formula is C15H16F2N4O3. The topological polar surface area (TPSA) is 71.7 Å². The van der Waals surface area contributed by atoms with Crippen LogP contribution in [0.4, 0.5) is 20.3 Å². The number of nitrogens with zero attached hydrogens (tertiary/aromatic N) is 4. The maximum absolute atomic E-state index is 13.1. The standard InChI is InChI=1S/C15H16F2N4O3/c1-8-11(12(13(16)17)24-19-8)15(22)21-7-6-20(2)14-9(21)4-5-10(18-14)23-3/h4-5,13H,6-7H2,1-3H3. The van der Waals surface area contributed by atoms with Gasteiger partial charge in [0.15, 0.2) is 5.82 Å². The molecule has 9 heteroatoms. The van der Waals surface area contributed by atoms with Crippen LogP contribution in [0.15, 0.2) is 16.7 Å². The van der Waals surface area contributed by atoms with Gasteiger partial charge in [-0.05, 0) is 13.0 Å². The van der Waals surface area contributed by atoms with Gasteiger partial charge in [0.1, 0.15) is 5.56 Å². The number of methoxy groups -OCH3 is 1. The molecular weight excluding hydrogens is 322 g/mol. The molecule has 0 atom stereocenters. The van der Waals surface area contributed by atoms with E-state index in [9.17, 15) is 13.6 Å². The highest BCUT2D eigenvalue weighted by molar-refractivity contribution is 6.09. The van der Waals surface area contributed by atoms with Crippen molar-refractivity contribution in [3.05, 3.63) is 29.2 Å². The van der Waals surface area contributed by atoms with Crippen LogP contribution in [0.5, 0.6) is 5.88 Å². The summed E-state index contributed by atoms with van der Waals surface area (Å²) in [5.74, 6) is -0.337. The quantitative estimate of drug-likeness (QED) is 0.856. The van der Waals surface area contributed by atoms with Crippen LogP contribution < -0.4 is 14.5 Å². The number of carbonyl (C=O) groups is 1. The maximum Gasteiger partial charge on any atom is 0.298 e. The third-order valence-electron chi connectivity index (χ3n) is 3.90. The molecule has 3 rings (SSSR count). The van der Waals surface area contributed by atoms with Crippen molar-refractivity contribution in [2.45, 2.75) is 13.3 Å². The number of aromatic nitrogens is 2. The average Bonchev–Trinajstić information content (AvgIpc) is 2.96. The molecule has 2 aromatic rings. The number of amides is 1. The van der Waals surface area contributed by atoms with Crippen molar-refractivity contribution in [2.75, 3.05) is 37.0 Å². The molecule has 0 bridgehead atoms. The molecule has 0 saturated carbocycles. The minimum Gasteiger partial charge on any atom is -0.481 e. The van der Waals surface area contributed by atoms with Crippen molar-refractivity contribution < 1.29 is 22.8 Å². The second-order valence-corrected chi connectivity index (χ2v) is 5.38. The molecule has 2 aromatic heterocycles. The van der Waals surface area contributed by atoms with Gasteiger partial charge in [-0.25, -0.2) is 8.78 Å². The lowest BCUT2D eigenvalue weighted by molar-refractivity contribution is 0.0937. The molecule has 0 saturated heterocycles. The maximum atomic E-state index is 13.1. The highest BCUT2D eigenvalue weighted by Gasteiger charge is 2.34. The van der Waals surface area contributed by atoms with Crippen LogP contribution in [-0.2, 0) is 0 Å². The van der Waals surface area contributed by atoms with E-state index < -0.39 is 18.1 Å². The molecule has 1 aliphatic heterocycles. The summed E-state index contributed by atoms with van der Waals surface area (Å²) in [5, 5.41) is 3.50. The number of anilines is 2. The number of pyridine rings is 1. The first-order valence-electron chi connectivity index (χ1n) is 7.26. The molecule has 3 heterocycles. The van der Waals surface area contributed by atoms with Gasteiger partial charge in [-0.3, -0.25) is 4.79 Å². The molecule has 0 aliphatic carbocycles. The van der Waals surface area contributed by atoms with E-state index in [0.717, 1.165) is 0 Å². The lowest BCUT2D eigenvalue weighted by Crippen LogP contribution is -2.43. The lowest BCUT2D eigenvalue weighted by Gasteiger charge is -2.34. The minimum absolute atomic E-state index is 0.136. The van der Waals surface area contributed by atoms with E-state index in [1.807, 2.05) is 11.9 Å². The smallest absolute Gasteiger partial charge is 0.298 e. The van der Waals surface area contributed by atoms with Crippen LogP contribution >= 0.6 is 0 Å². The van der Waals surface area contributed by atoms with E-state index in [2.05, 4.69) is 14.7 Å². The second-order valence-electron chi connectivity index (χ2n) is 5.38. The van der Waals surface area contributed by atoms with Gasteiger partial charge >= 0.3 is 0 Å². The zero-order valence-electron chi connectivity index (χ0n) is 13.4. The summed E-state index contributed by atoms with van der Waals surface area (Å²) < 4.78 is 35.9. The molecule has 0 aromatic carbocycles. The number of rotatable bonds is 3. The average molecular weight is 338 g/mol. The second kappa shape index (κ2) is 6.06.